The van der Waals surface area contributed by atoms with Crippen LogP contribution in [0.2, 0.25) is 0 Å². The van der Waals surface area contributed by atoms with Crippen LogP contribution in [0.25, 0.3) is 0 Å². The molecule has 25 heavy (non-hydrogen) atoms. The molecule has 2 atom stereocenters. The predicted molar refractivity (Wildman–Crippen MR) is 98.0 cm³/mol. The van der Waals surface area contributed by atoms with Crippen molar-refractivity contribution >= 4 is 21.4 Å². The largest absolute Gasteiger partial charge is 0.326 e. The molecule has 1 saturated heterocycles. The van der Waals surface area contributed by atoms with E-state index in [1.165, 1.54) is 0 Å². The van der Waals surface area contributed by atoms with Crippen molar-refractivity contribution in [1.29, 1.82) is 0 Å². The lowest BCUT2D eigenvalue weighted by atomic mass is 10.0. The van der Waals surface area contributed by atoms with Crippen LogP contribution >= 0.6 is 0 Å². The Bertz CT molecular complexity index is 850. The molecule has 1 heterocycles. The van der Waals surface area contributed by atoms with Gasteiger partial charge in [0.25, 0.3) is 0 Å². The van der Waals surface area contributed by atoms with Gasteiger partial charge in [0.05, 0.1) is 16.6 Å². The molecule has 0 bridgehead atoms. The van der Waals surface area contributed by atoms with Crippen molar-refractivity contribution in [3.05, 3.63) is 60.2 Å². The summed E-state index contributed by atoms with van der Waals surface area (Å²) >= 11 is 0. The third-order valence-corrected chi connectivity index (χ3v) is 6.27. The normalized spacial score (nSPS) is 20.4. The van der Waals surface area contributed by atoms with Crippen LogP contribution < -0.4 is 10.6 Å². The van der Waals surface area contributed by atoms with Gasteiger partial charge in [-0.1, -0.05) is 36.4 Å². The summed E-state index contributed by atoms with van der Waals surface area (Å²) in [5, 5.41) is 6.17. The Morgan fingerprint density at radius 3 is 2.48 bits per heavy atom. The van der Waals surface area contributed by atoms with Crippen LogP contribution in [0.5, 0.6) is 0 Å². The summed E-state index contributed by atoms with van der Waals surface area (Å²) < 4.78 is 25.3. The first kappa shape index (κ1) is 17.6. The van der Waals surface area contributed by atoms with Gasteiger partial charge in [-0.3, -0.25) is 4.79 Å². The lowest BCUT2D eigenvalue weighted by Gasteiger charge is -2.17. The van der Waals surface area contributed by atoms with Gasteiger partial charge in [-0.05, 0) is 43.7 Å². The van der Waals surface area contributed by atoms with Gasteiger partial charge in [-0.2, -0.15) is 0 Å². The Hall–Kier alpha value is -2.18. The molecule has 2 N–H and O–H groups in total. The minimum atomic E-state index is -3.47. The Balaban J connectivity index is 1.81. The van der Waals surface area contributed by atoms with Crippen LogP contribution in [0.15, 0.2) is 59.5 Å². The molecule has 0 spiro atoms. The molecule has 1 aliphatic rings. The zero-order valence-corrected chi connectivity index (χ0v) is 14.9. The van der Waals surface area contributed by atoms with E-state index < -0.39 is 9.84 Å². The fraction of sp³-hybridized carbons (Fsp3) is 0.316. The summed E-state index contributed by atoms with van der Waals surface area (Å²) in [5.41, 5.74) is 1.16. The number of anilines is 1. The number of rotatable bonds is 5. The average molecular weight is 358 g/mol. The number of nitrogens with one attached hydrogen (secondary N) is 2. The third kappa shape index (κ3) is 4.08. The zero-order valence-electron chi connectivity index (χ0n) is 14.1. The summed E-state index contributed by atoms with van der Waals surface area (Å²) in [5.74, 6) is -0.313. The second kappa shape index (κ2) is 7.37. The van der Waals surface area contributed by atoms with Crippen molar-refractivity contribution in [2.24, 2.45) is 5.92 Å². The summed E-state index contributed by atoms with van der Waals surface area (Å²) in [6, 6.07) is 15.6. The highest BCUT2D eigenvalue weighted by Crippen LogP contribution is 2.24. The van der Waals surface area contributed by atoms with E-state index in [-0.39, 0.29) is 28.5 Å². The van der Waals surface area contributed by atoms with Crippen LogP contribution in [-0.2, 0) is 20.4 Å². The van der Waals surface area contributed by atoms with Gasteiger partial charge in [0.1, 0.15) is 0 Å². The summed E-state index contributed by atoms with van der Waals surface area (Å²) in [6.45, 7) is 2.81. The molecule has 5 nitrogen and oxygen atoms in total. The molecule has 2 unspecified atom stereocenters. The molecule has 1 aliphatic heterocycles. The second-order valence-electron chi connectivity index (χ2n) is 6.36. The van der Waals surface area contributed by atoms with E-state index in [1.807, 2.05) is 6.92 Å². The Kier molecular flexibility index (Phi) is 5.20. The van der Waals surface area contributed by atoms with Crippen LogP contribution in [-0.4, -0.2) is 26.9 Å². The Labute approximate surface area is 148 Å². The summed E-state index contributed by atoms with van der Waals surface area (Å²) in [7, 11) is -3.47. The van der Waals surface area contributed by atoms with E-state index in [2.05, 4.69) is 10.6 Å². The number of sulfone groups is 1. The molecule has 1 amide bonds. The van der Waals surface area contributed by atoms with E-state index in [0.717, 1.165) is 13.0 Å². The van der Waals surface area contributed by atoms with Gasteiger partial charge >= 0.3 is 0 Å². The predicted octanol–water partition coefficient (Wildman–Crippen LogP) is 2.60. The Morgan fingerprint density at radius 1 is 1.12 bits per heavy atom. The van der Waals surface area contributed by atoms with Gasteiger partial charge in [-0.25, -0.2) is 8.42 Å². The van der Waals surface area contributed by atoms with Crippen LogP contribution in [0.1, 0.15) is 18.9 Å². The quantitative estimate of drug-likeness (QED) is 0.861. The highest BCUT2D eigenvalue weighted by molar-refractivity contribution is 7.90. The van der Waals surface area contributed by atoms with E-state index in [9.17, 15) is 13.2 Å². The van der Waals surface area contributed by atoms with Gasteiger partial charge < -0.3 is 10.6 Å². The van der Waals surface area contributed by atoms with E-state index in [0.29, 0.717) is 11.3 Å². The van der Waals surface area contributed by atoms with Crippen molar-refractivity contribution < 1.29 is 13.2 Å². The molecule has 0 radical (unpaired) electrons. The zero-order chi connectivity index (χ0) is 17.9. The number of benzene rings is 2. The topological polar surface area (TPSA) is 75.3 Å². The number of hydrogen-bond acceptors (Lipinski definition) is 4. The molecule has 6 heteroatoms. The van der Waals surface area contributed by atoms with Gasteiger partial charge in [-0.15, -0.1) is 0 Å². The molecular weight excluding hydrogens is 336 g/mol. The fourth-order valence-corrected chi connectivity index (χ4v) is 4.53. The lowest BCUT2D eigenvalue weighted by Crippen LogP contribution is -2.32. The van der Waals surface area contributed by atoms with Crippen LogP contribution in [0.4, 0.5) is 5.69 Å². The molecule has 2 aromatic carbocycles. The maximum absolute atomic E-state index is 12.6. The van der Waals surface area contributed by atoms with Crippen molar-refractivity contribution in [2.45, 2.75) is 30.0 Å². The molecule has 3 rings (SSSR count). The second-order valence-corrected chi connectivity index (χ2v) is 8.35. The van der Waals surface area contributed by atoms with E-state index in [1.54, 1.807) is 54.6 Å². The molecule has 2 aromatic rings. The number of amides is 1. The smallest absolute Gasteiger partial charge is 0.229 e. The minimum absolute atomic E-state index is 0.0675. The van der Waals surface area contributed by atoms with Crippen molar-refractivity contribution in [3.63, 3.8) is 0 Å². The molecule has 132 valence electrons. The molecule has 0 aromatic heterocycles. The molecule has 0 saturated carbocycles. The summed E-state index contributed by atoms with van der Waals surface area (Å²) in [6.07, 6.45) is 0.789. The van der Waals surface area contributed by atoms with Gasteiger partial charge in [0, 0.05) is 11.7 Å². The first-order valence-corrected chi connectivity index (χ1v) is 10.0. The fourth-order valence-electron chi connectivity index (χ4n) is 3.13. The highest BCUT2D eigenvalue weighted by Gasteiger charge is 2.29. The minimum Gasteiger partial charge on any atom is -0.326 e. The van der Waals surface area contributed by atoms with Crippen LogP contribution in [0, 0.1) is 5.92 Å². The van der Waals surface area contributed by atoms with Crippen LogP contribution in [0.3, 0.4) is 0 Å². The van der Waals surface area contributed by atoms with Gasteiger partial charge in [0.2, 0.25) is 5.91 Å². The number of para-hydroxylation sites is 1. The number of hydrogen-bond donors (Lipinski definition) is 2. The third-order valence-electron chi connectivity index (χ3n) is 4.59. The monoisotopic (exact) mass is 358 g/mol. The molecular formula is C19H22N2O3S. The first-order chi connectivity index (χ1) is 12.0. The van der Waals surface area contributed by atoms with Gasteiger partial charge in [0.15, 0.2) is 9.84 Å². The highest BCUT2D eigenvalue weighted by atomic mass is 32.2. The molecule has 0 aliphatic carbocycles. The SMILES string of the molecule is CC1NCCC1C(=O)Nc1ccccc1CS(=O)(=O)c1ccccc1. The van der Waals surface area contributed by atoms with Crippen molar-refractivity contribution in [3.8, 4) is 0 Å². The van der Waals surface area contributed by atoms with E-state index in [4.69, 9.17) is 0 Å². The first-order valence-electron chi connectivity index (χ1n) is 8.37. The van der Waals surface area contributed by atoms with Crippen molar-refractivity contribution in [1.82, 2.24) is 5.32 Å². The maximum Gasteiger partial charge on any atom is 0.229 e. The van der Waals surface area contributed by atoms with Crippen molar-refractivity contribution in [2.75, 3.05) is 11.9 Å². The average Bonchev–Trinajstić information content (AvgIpc) is 3.03. The summed E-state index contributed by atoms with van der Waals surface area (Å²) in [4.78, 5) is 12.8. The standard InChI is InChI=1S/C19H22N2O3S/c1-14-17(11-12-20-14)19(22)21-18-10-6-5-7-15(18)13-25(23,24)16-8-3-2-4-9-16/h2-10,14,17,20H,11-13H2,1H3,(H,21,22). The lowest BCUT2D eigenvalue weighted by molar-refractivity contribution is -0.120. The molecule has 1 fully saturated rings. The Morgan fingerprint density at radius 2 is 1.80 bits per heavy atom. The van der Waals surface area contributed by atoms with E-state index >= 15 is 0 Å². The maximum atomic E-state index is 12.6. The number of carbonyl (C=O) groups is 1. The number of carbonyl (C=O) groups excluding carboxylic acids is 1.